The van der Waals surface area contributed by atoms with Crippen LogP contribution < -0.4 is 21.3 Å². The van der Waals surface area contributed by atoms with E-state index < -0.39 is 12.7 Å². The second-order valence-corrected chi connectivity index (χ2v) is 7.21. The van der Waals surface area contributed by atoms with Gasteiger partial charge in [0.1, 0.15) is 0 Å². The summed E-state index contributed by atoms with van der Waals surface area (Å²) in [6.07, 6.45) is 2.79. The Morgan fingerprint density at radius 3 is 2.11 bits per heavy atom. The van der Waals surface area contributed by atoms with Crippen molar-refractivity contribution in [1.29, 1.82) is 0 Å². The third kappa shape index (κ3) is 6.60. The molecule has 4 unspecified atom stereocenters. The summed E-state index contributed by atoms with van der Waals surface area (Å²) in [5.41, 5.74) is 2.54. The molecule has 1 aromatic rings. The van der Waals surface area contributed by atoms with Gasteiger partial charge in [0.05, 0.1) is 12.2 Å². The minimum absolute atomic E-state index is 0.167. The molecule has 8 heteroatoms. The predicted octanol–water partition coefficient (Wildman–Crippen LogP) is 0.908. The Balaban J connectivity index is 1.45. The first-order valence-electron chi connectivity index (χ1n) is 9.80. The van der Waals surface area contributed by atoms with Gasteiger partial charge in [0.25, 0.3) is 0 Å². The summed E-state index contributed by atoms with van der Waals surface area (Å²) < 4.78 is 11.1. The molecule has 3 rings (SSSR count). The number of benzene rings is 1. The molecule has 2 heterocycles. The van der Waals surface area contributed by atoms with Gasteiger partial charge in [0, 0.05) is 37.7 Å². The summed E-state index contributed by atoms with van der Waals surface area (Å²) in [5, 5.41) is 32.4. The molecule has 0 radical (unpaired) electrons. The number of nitrogens with one attached hydrogen (secondary N) is 4. The van der Waals surface area contributed by atoms with Crippen LogP contribution in [0.3, 0.4) is 0 Å². The zero-order valence-electron chi connectivity index (χ0n) is 15.9. The van der Waals surface area contributed by atoms with Crippen molar-refractivity contribution >= 4 is 11.4 Å². The topological polar surface area (TPSA) is 107 Å². The average Bonchev–Trinajstić information content (AvgIpc) is 3.35. The van der Waals surface area contributed by atoms with Gasteiger partial charge in [0.2, 0.25) is 0 Å². The maximum Gasteiger partial charge on any atom is 0.181 e. The fourth-order valence-electron chi connectivity index (χ4n) is 3.37. The molecule has 4 atom stereocenters. The molecular formula is C19H32N4O4. The third-order valence-electron chi connectivity index (χ3n) is 4.96. The molecule has 2 aliphatic rings. The first-order valence-corrected chi connectivity index (χ1v) is 9.80. The smallest absolute Gasteiger partial charge is 0.181 e. The van der Waals surface area contributed by atoms with Crippen molar-refractivity contribution in [2.24, 2.45) is 0 Å². The van der Waals surface area contributed by atoms with E-state index in [1.165, 1.54) is 0 Å². The van der Waals surface area contributed by atoms with Crippen LogP contribution in [0.25, 0.3) is 0 Å². The summed E-state index contributed by atoms with van der Waals surface area (Å²) in [7, 11) is 0. The lowest BCUT2D eigenvalue weighted by Gasteiger charge is -2.21. The zero-order valence-corrected chi connectivity index (χ0v) is 15.9. The third-order valence-corrected chi connectivity index (χ3v) is 4.96. The van der Waals surface area contributed by atoms with Crippen LogP contribution in [0.15, 0.2) is 18.2 Å². The van der Waals surface area contributed by atoms with Gasteiger partial charge in [0.15, 0.2) is 12.7 Å². The van der Waals surface area contributed by atoms with E-state index in [-0.39, 0.29) is 12.2 Å². The highest BCUT2D eigenvalue weighted by molar-refractivity contribution is 5.61. The number of aryl methyl sites for hydroxylation is 1. The molecule has 0 aliphatic carbocycles. The van der Waals surface area contributed by atoms with Gasteiger partial charge in [-0.15, -0.1) is 0 Å². The first-order chi connectivity index (χ1) is 13.1. The Morgan fingerprint density at radius 1 is 0.963 bits per heavy atom. The van der Waals surface area contributed by atoms with Crippen molar-refractivity contribution in [2.45, 2.75) is 57.5 Å². The molecule has 27 heavy (non-hydrogen) atoms. The Morgan fingerprint density at radius 2 is 1.56 bits per heavy atom. The summed E-state index contributed by atoms with van der Waals surface area (Å²) in [6, 6.07) is 5.69. The molecule has 2 fully saturated rings. The summed E-state index contributed by atoms with van der Waals surface area (Å²) in [5.74, 6) is 0. The van der Waals surface area contributed by atoms with Gasteiger partial charge in [-0.3, -0.25) is 10.6 Å². The second-order valence-electron chi connectivity index (χ2n) is 7.21. The van der Waals surface area contributed by atoms with Crippen LogP contribution in [-0.4, -0.2) is 61.4 Å². The van der Waals surface area contributed by atoms with E-state index >= 15 is 0 Å². The highest BCUT2D eigenvalue weighted by Crippen LogP contribution is 2.21. The van der Waals surface area contributed by atoms with Crippen molar-refractivity contribution in [3.05, 3.63) is 23.8 Å². The minimum atomic E-state index is -0.870. The maximum atomic E-state index is 10.2. The van der Waals surface area contributed by atoms with Crippen molar-refractivity contribution < 1.29 is 19.7 Å². The number of ether oxygens (including phenoxy) is 2. The second kappa shape index (κ2) is 10.2. The van der Waals surface area contributed by atoms with E-state index in [0.717, 1.165) is 55.8 Å². The molecule has 0 bridgehead atoms. The Kier molecular flexibility index (Phi) is 7.69. The lowest BCUT2D eigenvalue weighted by atomic mass is 10.2. The van der Waals surface area contributed by atoms with Crippen LogP contribution in [-0.2, 0) is 9.47 Å². The van der Waals surface area contributed by atoms with Crippen LogP contribution in [0.5, 0.6) is 0 Å². The first kappa shape index (κ1) is 20.3. The molecular weight excluding hydrogens is 348 g/mol. The van der Waals surface area contributed by atoms with Gasteiger partial charge in [-0.05, 0) is 50.3 Å². The molecule has 152 valence electrons. The fourth-order valence-corrected chi connectivity index (χ4v) is 3.37. The molecule has 6 N–H and O–H groups in total. The molecule has 2 saturated heterocycles. The number of aliphatic hydroxyl groups is 2. The summed E-state index contributed by atoms with van der Waals surface area (Å²) in [6.45, 7) is 4.77. The number of aliphatic hydroxyl groups excluding tert-OH is 2. The largest absolute Gasteiger partial charge is 0.377 e. The van der Waals surface area contributed by atoms with Crippen molar-refractivity contribution in [3.63, 3.8) is 0 Å². The van der Waals surface area contributed by atoms with Crippen LogP contribution in [0, 0.1) is 6.92 Å². The molecule has 8 nitrogen and oxygen atoms in total. The van der Waals surface area contributed by atoms with E-state index in [9.17, 15) is 10.2 Å². The molecule has 0 aromatic heterocycles. The lowest BCUT2D eigenvalue weighted by Crippen LogP contribution is -2.41. The average molecular weight is 380 g/mol. The van der Waals surface area contributed by atoms with E-state index in [4.69, 9.17) is 9.47 Å². The van der Waals surface area contributed by atoms with Gasteiger partial charge in [-0.2, -0.15) is 0 Å². The number of anilines is 2. The quantitative estimate of drug-likeness (QED) is 0.333. The van der Waals surface area contributed by atoms with Gasteiger partial charge in [-0.1, -0.05) is 6.07 Å². The van der Waals surface area contributed by atoms with Crippen LogP contribution >= 0.6 is 0 Å². The lowest BCUT2D eigenvalue weighted by molar-refractivity contribution is 0.0864. The predicted molar refractivity (Wildman–Crippen MR) is 104 cm³/mol. The number of hydrogen-bond acceptors (Lipinski definition) is 8. The van der Waals surface area contributed by atoms with Crippen molar-refractivity contribution in [1.82, 2.24) is 10.6 Å². The number of rotatable bonds is 10. The molecule has 0 saturated carbocycles. The van der Waals surface area contributed by atoms with Gasteiger partial charge in [-0.25, -0.2) is 0 Å². The molecule has 0 spiro atoms. The van der Waals surface area contributed by atoms with E-state index in [1.54, 1.807) is 0 Å². The van der Waals surface area contributed by atoms with Crippen LogP contribution in [0.1, 0.15) is 31.2 Å². The molecule has 1 aromatic carbocycles. The minimum Gasteiger partial charge on any atom is -0.377 e. The van der Waals surface area contributed by atoms with E-state index in [0.29, 0.717) is 13.1 Å². The maximum absolute atomic E-state index is 10.2. The van der Waals surface area contributed by atoms with Crippen molar-refractivity contribution in [3.8, 4) is 0 Å². The standard InChI is InChI=1S/C19H32N4O4/c1-13-6-7-14(22-18(24)20-11-15-4-2-8-26-15)10-17(13)23-19(25)21-12-16-5-3-9-27-16/h6-7,10,15-16,18-25H,2-5,8-9,11-12H2,1H3. The van der Waals surface area contributed by atoms with Gasteiger partial charge < -0.3 is 30.3 Å². The van der Waals surface area contributed by atoms with Crippen LogP contribution in [0.2, 0.25) is 0 Å². The Bertz CT molecular complexity index is 577. The SMILES string of the molecule is Cc1ccc(NC(O)NCC2CCCO2)cc1NC(O)NCC1CCCO1. The van der Waals surface area contributed by atoms with Crippen LogP contribution in [0.4, 0.5) is 11.4 Å². The Hall–Kier alpha value is -1.42. The highest BCUT2D eigenvalue weighted by Gasteiger charge is 2.18. The van der Waals surface area contributed by atoms with E-state index in [1.807, 2.05) is 25.1 Å². The molecule has 2 aliphatic heterocycles. The fraction of sp³-hybridized carbons (Fsp3) is 0.684. The zero-order chi connectivity index (χ0) is 19.1. The van der Waals surface area contributed by atoms with Crippen molar-refractivity contribution in [2.75, 3.05) is 36.9 Å². The Labute approximate surface area is 160 Å². The monoisotopic (exact) mass is 380 g/mol. The normalized spacial score (nSPS) is 24.7. The highest BCUT2D eigenvalue weighted by atomic mass is 16.5. The number of hydrogen-bond donors (Lipinski definition) is 6. The van der Waals surface area contributed by atoms with E-state index in [2.05, 4.69) is 21.3 Å². The molecule has 0 amide bonds. The summed E-state index contributed by atoms with van der Waals surface area (Å²) in [4.78, 5) is 0. The summed E-state index contributed by atoms with van der Waals surface area (Å²) >= 11 is 0. The van der Waals surface area contributed by atoms with Gasteiger partial charge >= 0.3 is 0 Å².